The van der Waals surface area contributed by atoms with Gasteiger partial charge in [-0.2, -0.15) is 0 Å². The summed E-state index contributed by atoms with van der Waals surface area (Å²) in [6, 6.07) is 3.88. The SMILES string of the molecule is CC(=O)N[C@@H]1CCN(c2cc3c(=O)[nH]c(C)nc3cc2Br)C1. The molecule has 0 bridgehead atoms. The van der Waals surface area contributed by atoms with Crippen molar-refractivity contribution in [2.75, 3.05) is 18.0 Å². The molecule has 22 heavy (non-hydrogen) atoms. The first-order valence-electron chi connectivity index (χ1n) is 7.16. The van der Waals surface area contributed by atoms with E-state index >= 15 is 0 Å². The van der Waals surface area contributed by atoms with Crippen LogP contribution in [0.15, 0.2) is 21.4 Å². The van der Waals surface area contributed by atoms with E-state index < -0.39 is 0 Å². The zero-order valence-electron chi connectivity index (χ0n) is 12.4. The Morgan fingerprint density at radius 3 is 3.00 bits per heavy atom. The van der Waals surface area contributed by atoms with E-state index in [1.807, 2.05) is 12.1 Å². The summed E-state index contributed by atoms with van der Waals surface area (Å²) in [4.78, 5) is 32.5. The van der Waals surface area contributed by atoms with Crippen LogP contribution >= 0.6 is 15.9 Å². The van der Waals surface area contributed by atoms with Crippen molar-refractivity contribution >= 4 is 38.4 Å². The molecule has 7 heteroatoms. The Labute approximate surface area is 136 Å². The van der Waals surface area contributed by atoms with Gasteiger partial charge in [-0.25, -0.2) is 4.98 Å². The quantitative estimate of drug-likeness (QED) is 0.850. The smallest absolute Gasteiger partial charge is 0.258 e. The summed E-state index contributed by atoms with van der Waals surface area (Å²) in [5, 5.41) is 3.52. The van der Waals surface area contributed by atoms with Crippen LogP contribution in [0.1, 0.15) is 19.2 Å². The number of carbonyl (C=O) groups is 1. The first-order valence-corrected chi connectivity index (χ1v) is 7.95. The van der Waals surface area contributed by atoms with Crippen molar-refractivity contribution in [1.29, 1.82) is 0 Å². The third-order valence-corrected chi connectivity index (χ3v) is 4.46. The highest BCUT2D eigenvalue weighted by atomic mass is 79.9. The number of nitrogens with one attached hydrogen (secondary N) is 2. The van der Waals surface area contributed by atoms with E-state index in [0.29, 0.717) is 16.7 Å². The number of halogens is 1. The van der Waals surface area contributed by atoms with Gasteiger partial charge >= 0.3 is 0 Å². The molecule has 0 unspecified atom stereocenters. The van der Waals surface area contributed by atoms with E-state index in [0.717, 1.165) is 29.7 Å². The fourth-order valence-electron chi connectivity index (χ4n) is 2.89. The highest BCUT2D eigenvalue weighted by Crippen LogP contribution is 2.31. The van der Waals surface area contributed by atoms with Gasteiger partial charge in [0.1, 0.15) is 5.82 Å². The maximum absolute atomic E-state index is 12.1. The van der Waals surface area contributed by atoms with E-state index in [1.54, 1.807) is 6.92 Å². The highest BCUT2D eigenvalue weighted by Gasteiger charge is 2.25. The predicted octanol–water partition coefficient (Wildman–Crippen LogP) is 1.71. The lowest BCUT2D eigenvalue weighted by molar-refractivity contribution is -0.119. The van der Waals surface area contributed by atoms with Crippen LogP contribution in [0.2, 0.25) is 0 Å². The van der Waals surface area contributed by atoms with Crippen LogP contribution in [0.4, 0.5) is 5.69 Å². The van der Waals surface area contributed by atoms with Gasteiger partial charge in [0.15, 0.2) is 0 Å². The molecule has 1 aromatic heterocycles. The lowest BCUT2D eigenvalue weighted by Crippen LogP contribution is -2.35. The van der Waals surface area contributed by atoms with Gasteiger partial charge in [-0.05, 0) is 41.4 Å². The number of H-pyrrole nitrogens is 1. The summed E-state index contributed by atoms with van der Waals surface area (Å²) in [6.45, 7) is 4.87. The molecule has 0 radical (unpaired) electrons. The number of benzene rings is 1. The summed E-state index contributed by atoms with van der Waals surface area (Å²) < 4.78 is 0.904. The Hall–Kier alpha value is -1.89. The first kappa shape index (κ1) is 15.0. The van der Waals surface area contributed by atoms with Crippen LogP contribution in [-0.4, -0.2) is 35.0 Å². The van der Waals surface area contributed by atoms with Crippen LogP contribution < -0.4 is 15.8 Å². The summed E-state index contributed by atoms with van der Waals surface area (Å²) in [5.41, 5.74) is 1.50. The Kier molecular flexibility index (Phi) is 3.90. The van der Waals surface area contributed by atoms with E-state index in [4.69, 9.17) is 0 Å². The van der Waals surface area contributed by atoms with Crippen molar-refractivity contribution in [3.05, 3.63) is 32.8 Å². The molecule has 1 aliphatic rings. The average molecular weight is 365 g/mol. The van der Waals surface area contributed by atoms with E-state index in [1.165, 1.54) is 6.92 Å². The molecule has 2 heterocycles. The van der Waals surface area contributed by atoms with Crippen LogP contribution in [0.5, 0.6) is 0 Å². The third kappa shape index (κ3) is 2.85. The van der Waals surface area contributed by atoms with Crippen molar-refractivity contribution in [2.45, 2.75) is 26.3 Å². The fourth-order valence-corrected chi connectivity index (χ4v) is 3.47. The van der Waals surface area contributed by atoms with E-state index in [-0.39, 0.29) is 17.5 Å². The molecule has 0 saturated carbocycles. The molecule has 1 amide bonds. The summed E-state index contributed by atoms with van der Waals surface area (Å²) in [6.07, 6.45) is 0.895. The lowest BCUT2D eigenvalue weighted by atomic mass is 10.2. The van der Waals surface area contributed by atoms with Gasteiger partial charge in [0.2, 0.25) is 5.91 Å². The van der Waals surface area contributed by atoms with Gasteiger partial charge in [0.05, 0.1) is 16.6 Å². The molecule has 2 aromatic rings. The molecule has 1 aliphatic heterocycles. The predicted molar refractivity (Wildman–Crippen MR) is 89.2 cm³/mol. The Balaban J connectivity index is 1.96. The molecule has 1 saturated heterocycles. The molecule has 1 atom stereocenters. The highest BCUT2D eigenvalue weighted by molar-refractivity contribution is 9.10. The topological polar surface area (TPSA) is 78.1 Å². The Morgan fingerprint density at radius 1 is 1.50 bits per heavy atom. The second-order valence-corrected chi connectivity index (χ2v) is 6.46. The van der Waals surface area contributed by atoms with Gasteiger partial charge < -0.3 is 15.2 Å². The van der Waals surface area contributed by atoms with Crippen molar-refractivity contribution in [2.24, 2.45) is 0 Å². The minimum atomic E-state index is -0.131. The van der Waals surface area contributed by atoms with Gasteiger partial charge in [0, 0.05) is 30.5 Å². The molecular weight excluding hydrogens is 348 g/mol. The second-order valence-electron chi connectivity index (χ2n) is 5.60. The number of carbonyl (C=O) groups excluding carboxylic acids is 1. The maximum atomic E-state index is 12.1. The van der Waals surface area contributed by atoms with Crippen LogP contribution in [0, 0.1) is 6.92 Å². The lowest BCUT2D eigenvalue weighted by Gasteiger charge is -2.21. The number of aryl methyl sites for hydroxylation is 1. The van der Waals surface area contributed by atoms with Crippen LogP contribution in [0.3, 0.4) is 0 Å². The Bertz CT molecular complexity index is 802. The van der Waals surface area contributed by atoms with Gasteiger partial charge in [-0.1, -0.05) is 0 Å². The largest absolute Gasteiger partial charge is 0.368 e. The van der Waals surface area contributed by atoms with Crippen LogP contribution in [0.25, 0.3) is 10.9 Å². The second kappa shape index (κ2) is 5.72. The number of amides is 1. The van der Waals surface area contributed by atoms with Crippen molar-refractivity contribution in [3.8, 4) is 0 Å². The van der Waals surface area contributed by atoms with Gasteiger partial charge in [-0.15, -0.1) is 0 Å². The van der Waals surface area contributed by atoms with E-state index in [9.17, 15) is 9.59 Å². The summed E-state index contributed by atoms with van der Waals surface area (Å²) >= 11 is 3.57. The number of rotatable bonds is 2. The number of hydrogen-bond donors (Lipinski definition) is 2. The molecular formula is C15H17BrN4O2. The standard InChI is InChI=1S/C15H17BrN4O2/c1-8-17-13-6-12(16)14(5-11(13)15(22)18-8)20-4-3-10(7-20)19-9(2)21/h5-6,10H,3-4,7H2,1-2H3,(H,19,21)(H,17,18,22)/t10-/m1/s1. The molecule has 0 spiro atoms. The zero-order chi connectivity index (χ0) is 15.9. The zero-order valence-corrected chi connectivity index (χ0v) is 14.0. The molecule has 3 rings (SSSR count). The van der Waals surface area contributed by atoms with E-state index in [2.05, 4.69) is 36.1 Å². The van der Waals surface area contributed by atoms with Crippen molar-refractivity contribution in [1.82, 2.24) is 15.3 Å². The third-order valence-electron chi connectivity index (χ3n) is 3.83. The van der Waals surface area contributed by atoms with Gasteiger partial charge in [0.25, 0.3) is 5.56 Å². The Morgan fingerprint density at radius 2 is 2.27 bits per heavy atom. The molecule has 0 aliphatic carbocycles. The molecule has 6 nitrogen and oxygen atoms in total. The minimum Gasteiger partial charge on any atom is -0.368 e. The maximum Gasteiger partial charge on any atom is 0.258 e. The number of nitrogens with zero attached hydrogens (tertiary/aromatic N) is 2. The van der Waals surface area contributed by atoms with Gasteiger partial charge in [-0.3, -0.25) is 9.59 Å². The normalized spacial score (nSPS) is 18.0. The number of hydrogen-bond acceptors (Lipinski definition) is 4. The monoisotopic (exact) mass is 364 g/mol. The number of aromatic nitrogens is 2. The average Bonchev–Trinajstić information content (AvgIpc) is 2.85. The fraction of sp³-hybridized carbons (Fsp3) is 0.400. The molecule has 2 N–H and O–H groups in total. The molecule has 116 valence electrons. The number of anilines is 1. The van der Waals surface area contributed by atoms with Crippen LogP contribution in [-0.2, 0) is 4.79 Å². The van der Waals surface area contributed by atoms with Crippen molar-refractivity contribution in [3.63, 3.8) is 0 Å². The summed E-state index contributed by atoms with van der Waals surface area (Å²) in [5.74, 6) is 0.588. The number of fused-ring (bicyclic) bond motifs is 1. The first-order chi connectivity index (χ1) is 10.4. The number of aromatic amines is 1. The molecule has 1 fully saturated rings. The minimum absolute atomic E-state index is 0.0134. The molecule has 1 aromatic carbocycles. The van der Waals surface area contributed by atoms with Crippen molar-refractivity contribution < 1.29 is 4.79 Å². The summed E-state index contributed by atoms with van der Waals surface area (Å²) in [7, 11) is 0.